The van der Waals surface area contributed by atoms with Gasteiger partial charge in [-0.1, -0.05) is 19.1 Å². The second kappa shape index (κ2) is 5.96. The van der Waals surface area contributed by atoms with Crippen molar-refractivity contribution < 1.29 is 13.9 Å². The summed E-state index contributed by atoms with van der Waals surface area (Å²) in [4.78, 5) is 11.6. The quantitative estimate of drug-likeness (QED) is 0.820. The first-order valence-corrected chi connectivity index (χ1v) is 6.02. The average molecular weight is 253 g/mol. The second-order valence-electron chi connectivity index (χ2n) is 4.77. The van der Waals surface area contributed by atoms with Crippen molar-refractivity contribution in [2.45, 2.75) is 38.8 Å². The minimum Gasteiger partial charge on any atom is -0.468 e. The first-order valence-electron chi connectivity index (χ1n) is 6.02. The zero-order valence-corrected chi connectivity index (χ0v) is 11.3. The Balaban J connectivity index is 2.85. The Kier molecular flexibility index (Phi) is 4.84. The van der Waals surface area contributed by atoms with Crippen LogP contribution in [0.5, 0.6) is 0 Å². The average Bonchev–Trinajstić information content (AvgIpc) is 2.36. The van der Waals surface area contributed by atoms with Crippen LogP contribution in [0.15, 0.2) is 24.3 Å². The molecule has 0 spiro atoms. The first kappa shape index (κ1) is 14.6. The normalized spacial score (nSPS) is 13.2. The number of carbonyl (C=O) groups is 1. The molecule has 0 aromatic heterocycles. The predicted octanol–water partition coefficient (Wildman–Crippen LogP) is 2.82. The highest BCUT2D eigenvalue weighted by atomic mass is 19.1. The summed E-state index contributed by atoms with van der Waals surface area (Å²) in [5.41, 5.74) is 0.181. The number of hydrogen-bond acceptors (Lipinski definition) is 3. The molecule has 0 amide bonds. The van der Waals surface area contributed by atoms with Crippen molar-refractivity contribution in [3.05, 3.63) is 35.6 Å². The van der Waals surface area contributed by atoms with E-state index in [0.29, 0.717) is 0 Å². The number of nitrogens with one attached hydrogen (secondary N) is 1. The van der Waals surface area contributed by atoms with Gasteiger partial charge in [0.2, 0.25) is 0 Å². The van der Waals surface area contributed by atoms with Crippen LogP contribution in [-0.4, -0.2) is 18.6 Å². The third-order valence-electron chi connectivity index (χ3n) is 2.91. The van der Waals surface area contributed by atoms with Crippen LogP contribution in [0.4, 0.5) is 4.39 Å². The van der Waals surface area contributed by atoms with Gasteiger partial charge in [-0.15, -0.1) is 0 Å². The number of carbonyl (C=O) groups excluding carboxylic acids is 1. The first-order chi connectivity index (χ1) is 8.40. The molecular formula is C14H20FNO2. The molecule has 0 aliphatic heterocycles. The number of halogens is 1. The zero-order chi connectivity index (χ0) is 13.8. The largest absolute Gasteiger partial charge is 0.468 e. The Morgan fingerprint density at radius 2 is 1.94 bits per heavy atom. The summed E-state index contributed by atoms with van der Waals surface area (Å²) in [7, 11) is 1.37. The Hall–Kier alpha value is -1.42. The van der Waals surface area contributed by atoms with E-state index in [2.05, 4.69) is 5.32 Å². The van der Waals surface area contributed by atoms with Gasteiger partial charge in [-0.3, -0.25) is 10.1 Å². The summed E-state index contributed by atoms with van der Waals surface area (Å²) in [6.45, 7) is 5.55. The summed E-state index contributed by atoms with van der Waals surface area (Å²) < 4.78 is 17.6. The molecule has 4 heteroatoms. The van der Waals surface area contributed by atoms with E-state index in [-0.39, 0.29) is 17.8 Å². The van der Waals surface area contributed by atoms with Crippen molar-refractivity contribution in [3.63, 3.8) is 0 Å². The molecule has 0 saturated heterocycles. The fourth-order valence-electron chi connectivity index (χ4n) is 1.87. The topological polar surface area (TPSA) is 38.3 Å². The van der Waals surface area contributed by atoms with Crippen LogP contribution in [-0.2, 0) is 9.53 Å². The van der Waals surface area contributed by atoms with E-state index in [4.69, 9.17) is 4.74 Å². The molecule has 1 atom stereocenters. The standard InChI is InChI=1S/C14H20FNO2/c1-5-12(10-6-8-11(15)9-7-10)16-14(2,3)13(17)18-4/h6-9,12,16H,5H2,1-4H3. The van der Waals surface area contributed by atoms with Crippen molar-refractivity contribution in [1.29, 1.82) is 0 Å². The summed E-state index contributed by atoms with van der Waals surface area (Å²) in [6, 6.07) is 6.28. The van der Waals surface area contributed by atoms with Gasteiger partial charge in [0, 0.05) is 6.04 Å². The van der Waals surface area contributed by atoms with E-state index < -0.39 is 5.54 Å². The molecule has 1 aromatic rings. The fourth-order valence-corrected chi connectivity index (χ4v) is 1.87. The van der Waals surface area contributed by atoms with Gasteiger partial charge < -0.3 is 4.74 Å². The van der Waals surface area contributed by atoms with Gasteiger partial charge in [-0.05, 0) is 38.0 Å². The molecule has 1 N–H and O–H groups in total. The van der Waals surface area contributed by atoms with Crippen molar-refractivity contribution in [2.24, 2.45) is 0 Å². The number of methoxy groups -OCH3 is 1. The molecule has 0 saturated carbocycles. The molecule has 1 aromatic carbocycles. The Morgan fingerprint density at radius 3 is 2.39 bits per heavy atom. The minimum absolute atomic E-state index is 0.0142. The Labute approximate surface area is 107 Å². The van der Waals surface area contributed by atoms with Crippen molar-refractivity contribution in [2.75, 3.05) is 7.11 Å². The molecular weight excluding hydrogens is 233 g/mol. The van der Waals surface area contributed by atoms with Crippen LogP contribution in [0.1, 0.15) is 38.8 Å². The molecule has 1 unspecified atom stereocenters. The summed E-state index contributed by atoms with van der Waals surface area (Å²) in [5, 5.41) is 3.23. The highest BCUT2D eigenvalue weighted by Crippen LogP contribution is 2.21. The van der Waals surface area contributed by atoms with Crippen molar-refractivity contribution in [3.8, 4) is 0 Å². The predicted molar refractivity (Wildman–Crippen MR) is 68.7 cm³/mol. The summed E-state index contributed by atoms with van der Waals surface area (Å²) in [5.74, 6) is -0.580. The molecule has 0 aliphatic carbocycles. The minimum atomic E-state index is -0.774. The van der Waals surface area contributed by atoms with Crippen molar-refractivity contribution >= 4 is 5.97 Å². The molecule has 0 bridgehead atoms. The van der Waals surface area contributed by atoms with Crippen LogP contribution in [0.3, 0.4) is 0 Å². The maximum absolute atomic E-state index is 12.9. The number of hydrogen-bond donors (Lipinski definition) is 1. The van der Waals surface area contributed by atoms with E-state index in [1.165, 1.54) is 19.2 Å². The van der Waals surface area contributed by atoms with Crippen LogP contribution >= 0.6 is 0 Å². The molecule has 3 nitrogen and oxygen atoms in total. The van der Waals surface area contributed by atoms with Gasteiger partial charge in [0.1, 0.15) is 11.4 Å². The smallest absolute Gasteiger partial charge is 0.325 e. The van der Waals surface area contributed by atoms with E-state index in [0.717, 1.165) is 12.0 Å². The summed E-state index contributed by atoms with van der Waals surface area (Å²) >= 11 is 0. The highest BCUT2D eigenvalue weighted by Gasteiger charge is 2.31. The SMILES string of the molecule is CCC(NC(C)(C)C(=O)OC)c1ccc(F)cc1. The van der Waals surface area contributed by atoms with Crippen LogP contribution in [0, 0.1) is 5.82 Å². The van der Waals surface area contributed by atoms with E-state index in [9.17, 15) is 9.18 Å². The van der Waals surface area contributed by atoms with E-state index in [1.54, 1.807) is 26.0 Å². The Bertz CT molecular complexity index is 401. The highest BCUT2D eigenvalue weighted by molar-refractivity contribution is 5.79. The fraction of sp³-hybridized carbons (Fsp3) is 0.500. The van der Waals surface area contributed by atoms with Gasteiger partial charge >= 0.3 is 5.97 Å². The van der Waals surface area contributed by atoms with Crippen molar-refractivity contribution in [1.82, 2.24) is 5.32 Å². The lowest BCUT2D eigenvalue weighted by molar-refractivity contribution is -0.147. The zero-order valence-electron chi connectivity index (χ0n) is 11.3. The van der Waals surface area contributed by atoms with E-state index >= 15 is 0 Å². The molecule has 1 rings (SSSR count). The maximum atomic E-state index is 12.9. The lowest BCUT2D eigenvalue weighted by atomic mass is 9.98. The number of ether oxygens (including phenoxy) is 1. The number of benzene rings is 1. The molecule has 0 aliphatic rings. The van der Waals surface area contributed by atoms with E-state index in [1.807, 2.05) is 6.92 Å². The lowest BCUT2D eigenvalue weighted by Crippen LogP contribution is -2.48. The third kappa shape index (κ3) is 3.53. The van der Waals surface area contributed by atoms with Gasteiger partial charge in [0.25, 0.3) is 0 Å². The molecule has 0 heterocycles. The molecule has 0 radical (unpaired) electrons. The van der Waals surface area contributed by atoms with Gasteiger partial charge in [-0.25, -0.2) is 4.39 Å². The van der Waals surface area contributed by atoms with Crippen LogP contribution < -0.4 is 5.32 Å². The monoisotopic (exact) mass is 253 g/mol. The van der Waals surface area contributed by atoms with Crippen LogP contribution in [0.25, 0.3) is 0 Å². The summed E-state index contributed by atoms with van der Waals surface area (Å²) in [6.07, 6.45) is 0.798. The van der Waals surface area contributed by atoms with Crippen LogP contribution in [0.2, 0.25) is 0 Å². The van der Waals surface area contributed by atoms with Gasteiger partial charge in [0.15, 0.2) is 0 Å². The van der Waals surface area contributed by atoms with Gasteiger partial charge in [-0.2, -0.15) is 0 Å². The number of rotatable bonds is 5. The maximum Gasteiger partial charge on any atom is 0.325 e. The molecule has 0 fully saturated rings. The molecule has 18 heavy (non-hydrogen) atoms. The van der Waals surface area contributed by atoms with Gasteiger partial charge in [0.05, 0.1) is 7.11 Å². The Morgan fingerprint density at radius 1 is 1.39 bits per heavy atom. The second-order valence-corrected chi connectivity index (χ2v) is 4.77. The lowest BCUT2D eigenvalue weighted by Gasteiger charge is -2.29. The number of esters is 1. The third-order valence-corrected chi connectivity index (χ3v) is 2.91. The molecule has 100 valence electrons.